The van der Waals surface area contributed by atoms with Gasteiger partial charge in [0.2, 0.25) is 0 Å². The first-order valence-corrected chi connectivity index (χ1v) is 6.46. The number of nitrogen functional groups attached to an aromatic ring is 1. The monoisotopic (exact) mass is 248 g/mol. The zero-order chi connectivity index (χ0) is 13.0. The number of amides is 1. The van der Waals surface area contributed by atoms with Crippen molar-refractivity contribution in [2.24, 2.45) is 5.84 Å². The van der Waals surface area contributed by atoms with Crippen molar-refractivity contribution in [2.75, 3.05) is 12.0 Å². The Labute approximate surface area is 107 Å². The Kier molecular flexibility index (Phi) is 4.15. The van der Waals surface area contributed by atoms with Crippen LogP contribution in [0.1, 0.15) is 43.0 Å². The average Bonchev–Trinajstić information content (AvgIpc) is 2.62. The summed E-state index contributed by atoms with van der Waals surface area (Å²) in [7, 11) is 0. The third-order valence-corrected chi connectivity index (χ3v) is 3.49. The molecule has 1 aromatic heterocycles. The van der Waals surface area contributed by atoms with Crippen molar-refractivity contribution in [1.82, 2.24) is 9.88 Å². The van der Waals surface area contributed by atoms with Crippen LogP contribution in [-0.4, -0.2) is 28.4 Å². The number of anilines is 1. The van der Waals surface area contributed by atoms with Crippen LogP contribution in [0.4, 0.5) is 5.82 Å². The van der Waals surface area contributed by atoms with Gasteiger partial charge in [0.15, 0.2) is 5.82 Å². The maximum absolute atomic E-state index is 12.5. The van der Waals surface area contributed by atoms with Crippen LogP contribution >= 0.6 is 0 Å². The van der Waals surface area contributed by atoms with Gasteiger partial charge in [0.1, 0.15) is 0 Å². The van der Waals surface area contributed by atoms with Crippen molar-refractivity contribution < 1.29 is 4.79 Å². The molecule has 5 heteroatoms. The molecular weight excluding hydrogens is 228 g/mol. The Bertz CT molecular complexity index is 421. The van der Waals surface area contributed by atoms with Crippen LogP contribution < -0.4 is 11.3 Å². The summed E-state index contributed by atoms with van der Waals surface area (Å²) in [5.74, 6) is 5.86. The Morgan fingerprint density at radius 2 is 2.33 bits per heavy atom. The maximum atomic E-state index is 12.5. The van der Waals surface area contributed by atoms with Crippen LogP contribution in [0.15, 0.2) is 18.3 Å². The molecule has 1 unspecified atom stereocenters. The van der Waals surface area contributed by atoms with Crippen LogP contribution in [0.3, 0.4) is 0 Å². The third kappa shape index (κ3) is 2.61. The lowest BCUT2D eigenvalue weighted by atomic mass is 10.1. The normalized spacial score (nSPS) is 20.3. The second kappa shape index (κ2) is 5.82. The Morgan fingerprint density at radius 3 is 3.11 bits per heavy atom. The fraction of sp³-hybridized carbons (Fsp3) is 0.538. The van der Waals surface area contributed by atoms with E-state index in [0.29, 0.717) is 11.4 Å². The van der Waals surface area contributed by atoms with E-state index in [1.165, 1.54) is 12.8 Å². The van der Waals surface area contributed by atoms with Gasteiger partial charge in [-0.1, -0.05) is 12.8 Å². The van der Waals surface area contributed by atoms with E-state index >= 15 is 0 Å². The van der Waals surface area contributed by atoms with Gasteiger partial charge < -0.3 is 10.3 Å². The number of hydrogen-bond acceptors (Lipinski definition) is 4. The maximum Gasteiger partial charge on any atom is 0.257 e. The molecule has 0 aliphatic carbocycles. The van der Waals surface area contributed by atoms with E-state index in [1.54, 1.807) is 18.3 Å². The number of nitrogens with zero attached hydrogens (tertiary/aromatic N) is 2. The fourth-order valence-electron chi connectivity index (χ4n) is 2.42. The molecule has 3 N–H and O–H groups in total. The summed E-state index contributed by atoms with van der Waals surface area (Å²) in [5.41, 5.74) is 3.04. The summed E-state index contributed by atoms with van der Waals surface area (Å²) < 4.78 is 0. The van der Waals surface area contributed by atoms with Crippen molar-refractivity contribution in [2.45, 2.75) is 38.6 Å². The molecule has 0 bridgehead atoms. The van der Waals surface area contributed by atoms with Gasteiger partial charge >= 0.3 is 0 Å². The quantitative estimate of drug-likeness (QED) is 0.618. The molecule has 5 nitrogen and oxygen atoms in total. The number of likely N-dealkylation sites (tertiary alicyclic amines) is 1. The highest BCUT2D eigenvalue weighted by Gasteiger charge is 2.24. The van der Waals surface area contributed by atoms with Crippen molar-refractivity contribution in [3.05, 3.63) is 23.9 Å². The van der Waals surface area contributed by atoms with Gasteiger partial charge in [0.05, 0.1) is 5.56 Å². The zero-order valence-electron chi connectivity index (χ0n) is 10.7. The lowest BCUT2D eigenvalue weighted by Gasteiger charge is -2.27. The number of carbonyl (C=O) groups excluding carboxylic acids is 1. The predicted molar refractivity (Wildman–Crippen MR) is 71.0 cm³/mol. The second-order valence-corrected chi connectivity index (χ2v) is 4.74. The number of carbonyl (C=O) groups is 1. The molecule has 0 saturated carbocycles. The highest BCUT2D eigenvalue weighted by molar-refractivity contribution is 5.98. The van der Waals surface area contributed by atoms with Crippen molar-refractivity contribution in [1.29, 1.82) is 0 Å². The van der Waals surface area contributed by atoms with Crippen LogP contribution in [0.2, 0.25) is 0 Å². The molecule has 0 radical (unpaired) electrons. The summed E-state index contributed by atoms with van der Waals surface area (Å²) in [6, 6.07) is 3.81. The highest BCUT2D eigenvalue weighted by Crippen LogP contribution is 2.21. The Hall–Kier alpha value is -1.62. The minimum Gasteiger partial charge on any atom is -0.336 e. The van der Waals surface area contributed by atoms with Crippen LogP contribution in [-0.2, 0) is 0 Å². The largest absolute Gasteiger partial charge is 0.336 e. The lowest BCUT2D eigenvalue weighted by Crippen LogP contribution is -2.38. The van der Waals surface area contributed by atoms with Crippen molar-refractivity contribution in [3.8, 4) is 0 Å². The average molecular weight is 248 g/mol. The molecule has 1 aliphatic rings. The first-order valence-electron chi connectivity index (χ1n) is 6.46. The number of hydrogen-bond donors (Lipinski definition) is 2. The molecule has 1 aliphatic heterocycles. The standard InChI is InChI=1S/C13H20N4O/c1-10-6-3-2-4-9-17(10)13(18)11-7-5-8-15-12(11)16-14/h5,7-8,10H,2-4,6,9,14H2,1H3,(H,15,16). The third-order valence-electron chi connectivity index (χ3n) is 3.49. The minimum absolute atomic E-state index is 0.0189. The summed E-state index contributed by atoms with van der Waals surface area (Å²) in [6.07, 6.45) is 6.15. The number of aromatic nitrogens is 1. The summed E-state index contributed by atoms with van der Waals surface area (Å²) in [4.78, 5) is 18.5. The first-order chi connectivity index (χ1) is 8.74. The zero-order valence-corrected chi connectivity index (χ0v) is 10.7. The van der Waals surface area contributed by atoms with Gasteiger partial charge in [-0.15, -0.1) is 0 Å². The Balaban J connectivity index is 2.23. The summed E-state index contributed by atoms with van der Waals surface area (Å²) >= 11 is 0. The molecule has 1 fully saturated rings. The van der Waals surface area contributed by atoms with Gasteiger partial charge in [0, 0.05) is 18.8 Å². The van der Waals surface area contributed by atoms with E-state index in [2.05, 4.69) is 17.3 Å². The Morgan fingerprint density at radius 1 is 1.50 bits per heavy atom. The van der Waals surface area contributed by atoms with Crippen LogP contribution in [0.25, 0.3) is 0 Å². The van der Waals surface area contributed by atoms with Gasteiger partial charge in [-0.3, -0.25) is 4.79 Å². The topological polar surface area (TPSA) is 71.2 Å². The number of nitrogens with one attached hydrogen (secondary N) is 1. The van der Waals surface area contributed by atoms with E-state index in [1.807, 2.05) is 4.90 Å². The predicted octanol–water partition coefficient (Wildman–Crippen LogP) is 1.77. The second-order valence-electron chi connectivity index (χ2n) is 4.74. The van der Waals surface area contributed by atoms with Crippen molar-refractivity contribution >= 4 is 11.7 Å². The smallest absolute Gasteiger partial charge is 0.257 e. The van der Waals surface area contributed by atoms with Crippen LogP contribution in [0.5, 0.6) is 0 Å². The minimum atomic E-state index is 0.0189. The molecule has 18 heavy (non-hydrogen) atoms. The number of pyridine rings is 1. The van der Waals surface area contributed by atoms with E-state index in [9.17, 15) is 4.79 Å². The first kappa shape index (κ1) is 12.8. The van der Waals surface area contributed by atoms with Gasteiger partial charge in [-0.2, -0.15) is 0 Å². The molecule has 0 spiro atoms. The van der Waals surface area contributed by atoms with E-state index in [4.69, 9.17) is 5.84 Å². The lowest BCUT2D eigenvalue weighted by molar-refractivity contribution is 0.0698. The molecule has 1 aromatic rings. The SMILES string of the molecule is CC1CCCCCN1C(=O)c1cccnc1NN. The molecule has 1 saturated heterocycles. The van der Waals surface area contributed by atoms with Crippen LogP contribution in [0, 0.1) is 0 Å². The highest BCUT2D eigenvalue weighted by atomic mass is 16.2. The molecule has 2 heterocycles. The van der Waals surface area contributed by atoms with Gasteiger partial charge in [-0.05, 0) is 31.9 Å². The molecular formula is C13H20N4O. The van der Waals surface area contributed by atoms with Gasteiger partial charge in [0.25, 0.3) is 5.91 Å². The summed E-state index contributed by atoms with van der Waals surface area (Å²) in [5, 5.41) is 0. The molecule has 2 rings (SSSR count). The molecule has 98 valence electrons. The van der Waals surface area contributed by atoms with E-state index in [0.717, 1.165) is 19.4 Å². The van der Waals surface area contributed by atoms with E-state index < -0.39 is 0 Å². The fourth-order valence-corrected chi connectivity index (χ4v) is 2.42. The van der Waals surface area contributed by atoms with Gasteiger partial charge in [-0.25, -0.2) is 10.8 Å². The summed E-state index contributed by atoms with van der Waals surface area (Å²) in [6.45, 7) is 2.92. The van der Waals surface area contributed by atoms with Crippen molar-refractivity contribution in [3.63, 3.8) is 0 Å². The van der Waals surface area contributed by atoms with E-state index in [-0.39, 0.29) is 11.9 Å². The number of hydrazine groups is 1. The number of nitrogens with two attached hydrogens (primary N) is 1. The molecule has 0 aromatic carbocycles. The number of rotatable bonds is 2. The molecule has 1 atom stereocenters. The molecule has 1 amide bonds.